The third-order valence-electron chi connectivity index (χ3n) is 15.3. The van der Waals surface area contributed by atoms with Crippen molar-refractivity contribution in [1.29, 1.82) is 0 Å². The summed E-state index contributed by atoms with van der Waals surface area (Å²) in [6.45, 7) is 23.4. The topological polar surface area (TPSA) is 89.6 Å². The van der Waals surface area contributed by atoms with Gasteiger partial charge in [0.1, 0.15) is 6.10 Å². The minimum Gasteiger partial charge on any atom is -0.481 e. The maximum atomic E-state index is 13.0. The molecule has 0 aliphatic heterocycles. The van der Waals surface area contributed by atoms with Crippen LogP contribution in [0.15, 0.2) is 12.2 Å². The van der Waals surface area contributed by atoms with Crippen LogP contribution in [0.25, 0.3) is 0 Å². The lowest BCUT2D eigenvalue weighted by Gasteiger charge is -2.73. The van der Waals surface area contributed by atoms with Crippen LogP contribution in [0.4, 0.5) is 0 Å². The molecule has 238 valence electrons. The van der Waals surface area contributed by atoms with Gasteiger partial charge in [-0.3, -0.25) is 9.59 Å². The summed E-state index contributed by atoms with van der Waals surface area (Å²) >= 11 is 0. The Labute approximate surface area is 256 Å². The van der Waals surface area contributed by atoms with Crippen LogP contribution < -0.4 is 5.73 Å². The number of carbonyl (C=O) groups is 2. The lowest BCUT2D eigenvalue weighted by molar-refractivity contribution is -0.250. The average Bonchev–Trinajstić information content (AvgIpc) is 3.26. The predicted molar refractivity (Wildman–Crippen MR) is 169 cm³/mol. The van der Waals surface area contributed by atoms with E-state index in [1.807, 2.05) is 0 Å². The van der Waals surface area contributed by atoms with E-state index >= 15 is 0 Å². The Morgan fingerprint density at radius 3 is 2.21 bits per heavy atom. The van der Waals surface area contributed by atoms with E-state index < -0.39 is 11.4 Å². The van der Waals surface area contributed by atoms with Crippen LogP contribution >= 0.6 is 0 Å². The van der Waals surface area contributed by atoms with Crippen LogP contribution in [0.2, 0.25) is 0 Å². The number of allylic oxidation sites excluding steroid dienone is 1. The number of hydrogen-bond donors (Lipinski definition) is 2. The molecule has 0 radical (unpaired) electrons. The molecule has 0 heterocycles. The Bertz CT molecular complexity index is 1110. The summed E-state index contributed by atoms with van der Waals surface area (Å²) in [6.07, 6.45) is 13.2. The van der Waals surface area contributed by atoms with E-state index in [-0.39, 0.29) is 29.3 Å². The van der Waals surface area contributed by atoms with E-state index in [4.69, 9.17) is 10.5 Å². The summed E-state index contributed by atoms with van der Waals surface area (Å²) in [4.78, 5) is 24.6. The number of nitrogens with two attached hydrogens (primary N) is 1. The zero-order valence-corrected chi connectivity index (χ0v) is 28.1. The van der Waals surface area contributed by atoms with Crippen molar-refractivity contribution in [3.05, 3.63) is 12.2 Å². The molecule has 0 aromatic rings. The Hall–Kier alpha value is -1.36. The van der Waals surface area contributed by atoms with Gasteiger partial charge in [0.15, 0.2) is 0 Å². The fraction of sp³-hybridized carbons (Fsp3) is 0.892. The molecule has 0 saturated heterocycles. The van der Waals surface area contributed by atoms with Crippen LogP contribution in [-0.2, 0) is 14.3 Å². The highest BCUT2D eigenvalue weighted by Gasteiger charge is 2.71. The van der Waals surface area contributed by atoms with Crippen LogP contribution in [0.3, 0.4) is 0 Å². The maximum Gasteiger partial charge on any atom is 0.309 e. The number of aliphatic carboxylic acids is 1. The summed E-state index contributed by atoms with van der Waals surface area (Å²) in [5.74, 6) is 1.93. The standard InChI is InChI=1S/C37H61NO4/c1-23(2)24-12-17-37(20-21-38)19-18-35(8)25(30(24)37)10-11-27-34(7)15-14-28(42-29(39)22-32(3,4)31(40)41)33(5,6)26(34)13-16-36(27,35)9/h24-28,30H,1,10-22,38H2,2-9H3,(H,40,41)/t24-,25+,26-,27+,28-,30+,34-,35+,36+,37+/m0/s1. The molecule has 0 aromatic carbocycles. The Morgan fingerprint density at radius 2 is 1.60 bits per heavy atom. The fourth-order valence-electron chi connectivity index (χ4n) is 12.8. The van der Waals surface area contributed by atoms with Crippen LogP contribution in [0.1, 0.15) is 132 Å². The minimum absolute atomic E-state index is 0.0880. The van der Waals surface area contributed by atoms with Crippen LogP contribution in [0.5, 0.6) is 0 Å². The molecule has 5 fully saturated rings. The van der Waals surface area contributed by atoms with Crippen molar-refractivity contribution in [3.63, 3.8) is 0 Å². The third kappa shape index (κ3) is 4.47. The number of carboxylic acids is 1. The average molecular weight is 584 g/mol. The molecule has 3 N–H and O–H groups in total. The van der Waals surface area contributed by atoms with Gasteiger partial charge in [0.05, 0.1) is 11.8 Å². The van der Waals surface area contributed by atoms with E-state index in [9.17, 15) is 14.7 Å². The van der Waals surface area contributed by atoms with Crippen molar-refractivity contribution >= 4 is 11.9 Å². The largest absolute Gasteiger partial charge is 0.481 e. The van der Waals surface area contributed by atoms with Crippen molar-refractivity contribution in [2.75, 3.05) is 6.54 Å². The Morgan fingerprint density at radius 1 is 0.905 bits per heavy atom. The second-order valence-corrected chi connectivity index (χ2v) is 17.8. The second-order valence-electron chi connectivity index (χ2n) is 17.8. The fourth-order valence-corrected chi connectivity index (χ4v) is 12.8. The molecule has 10 atom stereocenters. The summed E-state index contributed by atoms with van der Waals surface area (Å²) in [5.41, 5.74) is 7.66. The maximum absolute atomic E-state index is 13.0. The number of rotatable bonds is 7. The normalized spacial score (nSPS) is 46.0. The zero-order chi connectivity index (χ0) is 31.1. The number of esters is 1. The van der Waals surface area contributed by atoms with Crippen molar-refractivity contribution in [2.45, 2.75) is 139 Å². The van der Waals surface area contributed by atoms with Gasteiger partial charge in [-0.05, 0) is 149 Å². The first kappa shape index (κ1) is 32.0. The second kappa shape index (κ2) is 10.3. The number of hydrogen-bond acceptors (Lipinski definition) is 4. The summed E-state index contributed by atoms with van der Waals surface area (Å²) in [5, 5.41) is 9.54. The van der Waals surface area contributed by atoms with Gasteiger partial charge >= 0.3 is 11.9 Å². The van der Waals surface area contributed by atoms with E-state index in [1.54, 1.807) is 13.8 Å². The predicted octanol–water partition coefficient (Wildman–Crippen LogP) is 8.41. The molecule has 0 unspecified atom stereocenters. The van der Waals surface area contributed by atoms with Crippen molar-refractivity contribution in [1.82, 2.24) is 0 Å². The first-order valence-electron chi connectivity index (χ1n) is 17.2. The van der Waals surface area contributed by atoms with Crippen LogP contribution in [0, 0.1) is 62.1 Å². The molecule has 5 heteroatoms. The van der Waals surface area contributed by atoms with Gasteiger partial charge < -0.3 is 15.6 Å². The molecule has 5 nitrogen and oxygen atoms in total. The Balaban J connectivity index is 1.41. The minimum atomic E-state index is -1.12. The summed E-state index contributed by atoms with van der Waals surface area (Å²) in [6, 6.07) is 0. The number of carbonyl (C=O) groups excluding carboxylic acids is 1. The molecule has 0 aromatic heterocycles. The highest BCUT2D eigenvalue weighted by Crippen LogP contribution is 2.78. The number of carboxylic acid groups (broad SMARTS) is 1. The van der Waals surface area contributed by atoms with Gasteiger partial charge in [-0.2, -0.15) is 0 Å². The molecule has 0 spiro atoms. The van der Waals surface area contributed by atoms with Crippen molar-refractivity contribution in [2.24, 2.45) is 67.8 Å². The highest BCUT2D eigenvalue weighted by atomic mass is 16.5. The van der Waals surface area contributed by atoms with E-state index in [0.717, 1.165) is 31.2 Å². The van der Waals surface area contributed by atoms with E-state index in [1.165, 1.54) is 63.4 Å². The van der Waals surface area contributed by atoms with Crippen molar-refractivity contribution < 1.29 is 19.4 Å². The van der Waals surface area contributed by atoms with Gasteiger partial charge in [0.2, 0.25) is 0 Å². The molecule has 5 aliphatic rings. The van der Waals surface area contributed by atoms with E-state index in [0.29, 0.717) is 34.0 Å². The zero-order valence-electron chi connectivity index (χ0n) is 28.1. The van der Waals surface area contributed by atoms with Gasteiger partial charge in [0.25, 0.3) is 0 Å². The van der Waals surface area contributed by atoms with Crippen LogP contribution in [-0.4, -0.2) is 29.7 Å². The molecular formula is C37H61NO4. The SMILES string of the molecule is C=C(C)[C@@H]1CC[C@]2(CCN)CC[C@]3(C)[C@H](CC[C@@H]4[C@@]5(C)CC[C@H](OC(=O)CC(C)(C)C(=O)O)C(C)(C)[C@@H]5CC[C@]43C)[C@@H]12. The molecular weight excluding hydrogens is 522 g/mol. The van der Waals surface area contributed by atoms with Gasteiger partial charge in [-0.1, -0.05) is 46.8 Å². The molecule has 42 heavy (non-hydrogen) atoms. The first-order chi connectivity index (χ1) is 19.4. The molecule has 0 amide bonds. The smallest absolute Gasteiger partial charge is 0.309 e. The van der Waals surface area contributed by atoms with E-state index in [2.05, 4.69) is 48.1 Å². The van der Waals surface area contributed by atoms with Gasteiger partial charge in [0, 0.05) is 5.41 Å². The Kier molecular flexibility index (Phi) is 7.89. The first-order valence-corrected chi connectivity index (χ1v) is 17.2. The molecule has 0 bridgehead atoms. The molecule has 5 aliphatic carbocycles. The molecule has 5 rings (SSSR count). The quantitative estimate of drug-likeness (QED) is 0.232. The lowest BCUT2D eigenvalue weighted by atomic mass is 9.32. The van der Waals surface area contributed by atoms with Gasteiger partial charge in [-0.15, -0.1) is 0 Å². The lowest BCUT2D eigenvalue weighted by Crippen LogP contribution is -2.66. The third-order valence-corrected chi connectivity index (χ3v) is 15.3. The van der Waals surface area contributed by atoms with Crippen molar-refractivity contribution in [3.8, 4) is 0 Å². The monoisotopic (exact) mass is 583 g/mol. The summed E-state index contributed by atoms with van der Waals surface area (Å²) < 4.78 is 6.15. The van der Waals surface area contributed by atoms with Gasteiger partial charge in [-0.25, -0.2) is 0 Å². The number of ether oxygens (including phenoxy) is 1. The molecule has 5 saturated carbocycles. The summed E-state index contributed by atoms with van der Waals surface area (Å²) in [7, 11) is 0. The number of fused-ring (bicyclic) bond motifs is 7. The highest BCUT2D eigenvalue weighted by molar-refractivity contribution is 5.81.